The molecule has 1 amide bonds. The Kier molecular flexibility index (Phi) is 6.31. The number of amides is 1. The zero-order valence-corrected chi connectivity index (χ0v) is 15.3. The highest BCUT2D eigenvalue weighted by Gasteiger charge is 2.12. The van der Waals surface area contributed by atoms with Crippen LogP contribution in [0, 0.1) is 0 Å². The van der Waals surface area contributed by atoms with Gasteiger partial charge in [0.2, 0.25) is 0 Å². The Labute approximate surface area is 160 Å². The number of nitrogens with zero attached hydrogens (tertiary/aromatic N) is 1. The molecule has 0 saturated carbocycles. The molecule has 0 aliphatic carbocycles. The third kappa shape index (κ3) is 4.45. The lowest BCUT2D eigenvalue weighted by Gasteiger charge is -2.04. The second kappa shape index (κ2) is 8.25. The molecule has 0 aliphatic rings. The van der Waals surface area contributed by atoms with Crippen molar-refractivity contribution in [3.63, 3.8) is 0 Å². The normalized spacial score (nSPS) is 11.2. The number of para-hydroxylation sites is 1. The molecule has 5 nitrogen and oxygen atoms in total. The summed E-state index contributed by atoms with van der Waals surface area (Å²) >= 11 is 11.8. The van der Waals surface area contributed by atoms with E-state index in [-0.39, 0.29) is 30.8 Å². The molecule has 1 aromatic heterocycles. The summed E-state index contributed by atoms with van der Waals surface area (Å²) in [5, 5.41) is 4.33. The van der Waals surface area contributed by atoms with E-state index < -0.39 is 0 Å². The molecule has 4 N–H and O–H groups in total. The van der Waals surface area contributed by atoms with Gasteiger partial charge in [-0.3, -0.25) is 10.1 Å². The number of aromatic amines is 1. The van der Waals surface area contributed by atoms with Crippen LogP contribution in [0.25, 0.3) is 10.9 Å². The van der Waals surface area contributed by atoms with Gasteiger partial charge in [-0.1, -0.05) is 47.5 Å². The van der Waals surface area contributed by atoms with Crippen LogP contribution >= 0.6 is 35.6 Å². The maximum absolute atomic E-state index is 12.3. The van der Waals surface area contributed by atoms with Gasteiger partial charge in [0.25, 0.3) is 5.91 Å². The Balaban J connectivity index is 0.00000225. The topological polar surface area (TPSA) is 83.3 Å². The molecule has 25 heavy (non-hydrogen) atoms. The number of carbonyl (C=O) groups excluding carboxylic acids is 1. The van der Waals surface area contributed by atoms with E-state index in [1.54, 1.807) is 24.4 Å². The van der Waals surface area contributed by atoms with E-state index in [9.17, 15) is 4.79 Å². The number of H-pyrrole nitrogens is 1. The molecule has 2 aromatic carbocycles. The Hall–Kier alpha value is -2.21. The number of hydrogen-bond acceptors (Lipinski definition) is 2. The van der Waals surface area contributed by atoms with Crippen molar-refractivity contribution in [3.8, 4) is 0 Å². The lowest BCUT2D eigenvalue weighted by Crippen LogP contribution is -2.36. The Morgan fingerprint density at radius 1 is 1.16 bits per heavy atom. The zero-order valence-electron chi connectivity index (χ0n) is 12.9. The monoisotopic (exact) mass is 396 g/mol. The van der Waals surface area contributed by atoms with Crippen LogP contribution in [0.4, 0.5) is 0 Å². The summed E-state index contributed by atoms with van der Waals surface area (Å²) in [6.45, 7) is 0.289. The molecule has 0 saturated heterocycles. The predicted molar refractivity (Wildman–Crippen MR) is 105 cm³/mol. The minimum absolute atomic E-state index is 0. The maximum Gasteiger partial charge on any atom is 0.260 e. The number of fused-ring (bicyclic) bond motifs is 1. The van der Waals surface area contributed by atoms with Crippen molar-refractivity contribution < 1.29 is 4.79 Å². The van der Waals surface area contributed by atoms with E-state index in [1.165, 1.54) is 0 Å². The molecule has 0 radical (unpaired) electrons. The van der Waals surface area contributed by atoms with Crippen molar-refractivity contribution in [3.05, 3.63) is 69.8 Å². The van der Waals surface area contributed by atoms with Crippen LogP contribution in [-0.4, -0.2) is 16.9 Å². The van der Waals surface area contributed by atoms with Crippen LogP contribution in [0.15, 0.2) is 53.7 Å². The van der Waals surface area contributed by atoms with Crippen molar-refractivity contribution in [1.29, 1.82) is 0 Å². The number of benzene rings is 2. The van der Waals surface area contributed by atoms with Crippen LogP contribution in [0.5, 0.6) is 0 Å². The number of aromatic nitrogens is 1. The Morgan fingerprint density at radius 2 is 1.92 bits per heavy atom. The molecule has 0 unspecified atom stereocenters. The molecular weight excluding hydrogens is 383 g/mol. The zero-order chi connectivity index (χ0) is 17.1. The van der Waals surface area contributed by atoms with Crippen LogP contribution < -0.4 is 11.1 Å². The fourth-order valence-corrected chi connectivity index (χ4v) is 2.62. The van der Waals surface area contributed by atoms with Gasteiger partial charge in [0, 0.05) is 17.1 Å². The summed E-state index contributed by atoms with van der Waals surface area (Å²) in [4.78, 5) is 19.5. The first-order chi connectivity index (χ1) is 11.5. The summed E-state index contributed by atoms with van der Waals surface area (Å²) in [7, 11) is 0. The number of halogens is 3. The lowest BCUT2D eigenvalue weighted by atomic mass is 10.1. The first-order valence-corrected chi connectivity index (χ1v) is 7.91. The molecular formula is C17H15Cl3N4O. The standard InChI is InChI=1S/C17H14Cl2N4O.ClH/c18-13-6-5-10(7-14(13)19)8-22-17(20)23-16(24)12-9-21-15-4-2-1-3-11(12)15;/h1-7,9,21H,8H2,(H3,20,22,23,24);1H. The first-order valence-electron chi connectivity index (χ1n) is 7.16. The van der Waals surface area contributed by atoms with Crippen molar-refractivity contribution >= 4 is 58.4 Å². The van der Waals surface area contributed by atoms with Gasteiger partial charge in [0.05, 0.1) is 22.2 Å². The summed E-state index contributed by atoms with van der Waals surface area (Å²) in [5.74, 6) is -0.279. The van der Waals surface area contributed by atoms with Crippen molar-refractivity contribution in [2.75, 3.05) is 0 Å². The third-order valence-electron chi connectivity index (χ3n) is 3.49. The number of rotatable bonds is 3. The molecule has 0 fully saturated rings. The highest BCUT2D eigenvalue weighted by molar-refractivity contribution is 6.42. The van der Waals surface area contributed by atoms with Gasteiger partial charge in [-0.15, -0.1) is 12.4 Å². The van der Waals surface area contributed by atoms with Gasteiger partial charge in [-0.05, 0) is 23.8 Å². The highest BCUT2D eigenvalue weighted by atomic mass is 35.5. The van der Waals surface area contributed by atoms with Gasteiger partial charge in [-0.2, -0.15) is 0 Å². The third-order valence-corrected chi connectivity index (χ3v) is 4.23. The molecule has 0 bridgehead atoms. The summed E-state index contributed by atoms with van der Waals surface area (Å²) < 4.78 is 0. The van der Waals surface area contributed by atoms with E-state index in [0.717, 1.165) is 16.5 Å². The average molecular weight is 398 g/mol. The smallest absolute Gasteiger partial charge is 0.260 e. The largest absolute Gasteiger partial charge is 0.370 e. The lowest BCUT2D eigenvalue weighted by molar-refractivity contribution is 0.0978. The van der Waals surface area contributed by atoms with Gasteiger partial charge < -0.3 is 10.7 Å². The van der Waals surface area contributed by atoms with E-state index in [0.29, 0.717) is 15.6 Å². The molecule has 1 heterocycles. The minimum Gasteiger partial charge on any atom is -0.370 e. The van der Waals surface area contributed by atoms with Crippen LogP contribution in [0.3, 0.4) is 0 Å². The molecule has 0 atom stereocenters. The predicted octanol–water partition coefficient (Wildman–Crippen LogP) is 4.14. The van der Waals surface area contributed by atoms with Gasteiger partial charge in [0.15, 0.2) is 5.96 Å². The quantitative estimate of drug-likeness (QED) is 0.458. The SMILES string of the molecule is Cl.NC(=NCc1ccc(Cl)c(Cl)c1)NC(=O)c1c[nH]c2ccccc12. The van der Waals surface area contributed by atoms with Crippen molar-refractivity contribution in [2.24, 2.45) is 10.7 Å². The molecule has 3 rings (SSSR count). The van der Waals surface area contributed by atoms with E-state index in [4.69, 9.17) is 28.9 Å². The fraction of sp³-hybridized carbons (Fsp3) is 0.0588. The number of nitrogens with two attached hydrogens (primary N) is 1. The number of carbonyl (C=O) groups is 1. The van der Waals surface area contributed by atoms with Crippen LogP contribution in [0.2, 0.25) is 10.0 Å². The number of guanidine groups is 1. The second-order valence-corrected chi connectivity index (χ2v) is 5.97. The summed E-state index contributed by atoms with van der Waals surface area (Å²) in [6, 6.07) is 12.7. The van der Waals surface area contributed by atoms with E-state index in [2.05, 4.69) is 15.3 Å². The molecule has 130 valence electrons. The average Bonchev–Trinajstić information content (AvgIpc) is 3.00. The number of aliphatic imine (C=N–C) groups is 1. The molecule has 3 aromatic rings. The van der Waals surface area contributed by atoms with Crippen molar-refractivity contribution in [2.45, 2.75) is 6.54 Å². The van der Waals surface area contributed by atoms with Gasteiger partial charge in [-0.25, -0.2) is 4.99 Å². The van der Waals surface area contributed by atoms with Gasteiger partial charge in [0.1, 0.15) is 0 Å². The van der Waals surface area contributed by atoms with Crippen LogP contribution in [0.1, 0.15) is 15.9 Å². The van der Waals surface area contributed by atoms with Crippen molar-refractivity contribution in [1.82, 2.24) is 10.3 Å². The summed E-state index contributed by atoms with van der Waals surface area (Å²) in [5.41, 5.74) is 8.03. The van der Waals surface area contributed by atoms with Gasteiger partial charge >= 0.3 is 0 Å². The molecule has 0 aliphatic heterocycles. The van der Waals surface area contributed by atoms with E-state index >= 15 is 0 Å². The molecule has 0 spiro atoms. The molecule has 8 heteroatoms. The Morgan fingerprint density at radius 3 is 2.68 bits per heavy atom. The number of nitrogens with one attached hydrogen (secondary N) is 2. The van der Waals surface area contributed by atoms with Crippen LogP contribution in [-0.2, 0) is 6.54 Å². The number of hydrogen-bond donors (Lipinski definition) is 3. The summed E-state index contributed by atoms with van der Waals surface area (Å²) in [6.07, 6.45) is 1.65. The first kappa shape index (κ1) is 19.1. The minimum atomic E-state index is -0.317. The fourth-order valence-electron chi connectivity index (χ4n) is 2.30. The van der Waals surface area contributed by atoms with E-state index in [1.807, 2.05) is 24.3 Å². The second-order valence-electron chi connectivity index (χ2n) is 5.15. The highest BCUT2D eigenvalue weighted by Crippen LogP contribution is 2.22. The maximum atomic E-state index is 12.3. The Bertz CT molecular complexity index is 937.